The maximum absolute atomic E-state index is 12.6. The first kappa shape index (κ1) is 22.9. The average molecular weight is 412 g/mol. The van der Waals surface area contributed by atoms with Crippen LogP contribution in [0.1, 0.15) is 30.4 Å². The molecule has 0 saturated carbocycles. The molecule has 1 atom stereocenters. The second kappa shape index (κ2) is 9.70. The Balaban J connectivity index is 2.40. The lowest BCUT2D eigenvalue weighted by Crippen LogP contribution is -2.39. The number of halogens is 3. The van der Waals surface area contributed by atoms with E-state index in [1.807, 2.05) is 19.1 Å². The third-order valence-corrected chi connectivity index (χ3v) is 4.14. The van der Waals surface area contributed by atoms with E-state index in [-0.39, 0.29) is 19.4 Å². The molecule has 7 nitrogen and oxygen atoms in total. The van der Waals surface area contributed by atoms with Crippen LogP contribution in [0.4, 0.5) is 13.2 Å². The topological polar surface area (TPSA) is 107 Å². The van der Waals surface area contributed by atoms with Crippen molar-refractivity contribution < 1.29 is 45.2 Å². The highest BCUT2D eigenvalue weighted by Crippen LogP contribution is 2.24. The Bertz CT molecular complexity index is 760. The molecule has 1 aromatic rings. The van der Waals surface area contributed by atoms with Crippen molar-refractivity contribution >= 4 is 22.1 Å². The molecule has 0 saturated heterocycles. The molecule has 0 radical (unpaired) electrons. The third-order valence-electron chi connectivity index (χ3n) is 3.41. The van der Waals surface area contributed by atoms with Crippen LogP contribution in [-0.2, 0) is 35.8 Å². The van der Waals surface area contributed by atoms with Crippen LogP contribution in [0.15, 0.2) is 24.3 Å². The molecule has 0 spiro atoms. The maximum atomic E-state index is 12.6. The number of carbonyl (C=O) groups is 2. The minimum atomic E-state index is -5.15. The molecule has 0 aliphatic carbocycles. The second-order valence-corrected chi connectivity index (χ2v) is 7.21. The molecule has 1 aromatic carbocycles. The van der Waals surface area contributed by atoms with Gasteiger partial charge in [-0.25, -0.2) is 0 Å². The minimum absolute atomic E-state index is 0.0282. The van der Waals surface area contributed by atoms with Gasteiger partial charge in [0.25, 0.3) is 10.1 Å². The van der Waals surface area contributed by atoms with E-state index in [2.05, 4.69) is 4.74 Å². The number of hydrogen-bond acceptors (Lipinski definition) is 6. The number of benzene rings is 1. The zero-order chi connectivity index (χ0) is 20.7. The highest BCUT2D eigenvalue weighted by Gasteiger charge is 2.45. The van der Waals surface area contributed by atoms with Crippen molar-refractivity contribution in [1.82, 2.24) is 0 Å². The molecule has 0 bridgehead atoms. The Hall–Kier alpha value is -2.14. The molecule has 0 aliphatic heterocycles. The Kier molecular flexibility index (Phi) is 8.22. The van der Waals surface area contributed by atoms with Crippen LogP contribution >= 0.6 is 0 Å². The fourth-order valence-corrected chi connectivity index (χ4v) is 2.62. The lowest BCUT2D eigenvalue weighted by Gasteiger charge is -2.19. The van der Waals surface area contributed by atoms with Gasteiger partial charge in [0.2, 0.25) is 6.10 Å². The van der Waals surface area contributed by atoms with Crippen LogP contribution in [0.3, 0.4) is 0 Å². The standard InChI is InChI=1S/C16H19F3O7S/c1-11-5-2-3-6-12(11)9-25-14(20)7-4-8-15(21)26-13(16(17,18)19)10-27(22,23)24/h2-3,5-6,13H,4,7-10H2,1H3,(H,22,23,24). The van der Waals surface area contributed by atoms with Gasteiger partial charge >= 0.3 is 18.1 Å². The number of rotatable bonds is 9. The summed E-state index contributed by atoms with van der Waals surface area (Å²) in [7, 11) is -4.99. The van der Waals surface area contributed by atoms with Crippen molar-refractivity contribution in [3.63, 3.8) is 0 Å². The molecule has 1 unspecified atom stereocenters. The summed E-state index contributed by atoms with van der Waals surface area (Å²) < 4.78 is 76.6. The zero-order valence-electron chi connectivity index (χ0n) is 14.4. The average Bonchev–Trinajstić information content (AvgIpc) is 2.51. The highest BCUT2D eigenvalue weighted by atomic mass is 32.2. The summed E-state index contributed by atoms with van der Waals surface area (Å²) in [4.78, 5) is 23.1. The Labute approximate surface area is 154 Å². The predicted octanol–water partition coefficient (Wildman–Crippen LogP) is 2.57. The van der Waals surface area contributed by atoms with Gasteiger partial charge in [0.05, 0.1) is 0 Å². The van der Waals surface area contributed by atoms with Gasteiger partial charge in [-0.15, -0.1) is 0 Å². The van der Waals surface area contributed by atoms with Crippen LogP contribution < -0.4 is 0 Å². The van der Waals surface area contributed by atoms with Crippen LogP contribution in [0.2, 0.25) is 0 Å². The van der Waals surface area contributed by atoms with E-state index in [4.69, 9.17) is 9.29 Å². The molecule has 1 rings (SSSR count). The quantitative estimate of drug-likeness (QED) is 0.491. The first-order chi connectivity index (χ1) is 12.4. The molecular weight excluding hydrogens is 393 g/mol. The van der Waals surface area contributed by atoms with Gasteiger partial charge < -0.3 is 9.47 Å². The van der Waals surface area contributed by atoms with Crippen molar-refractivity contribution in [2.75, 3.05) is 5.75 Å². The van der Waals surface area contributed by atoms with E-state index in [1.54, 1.807) is 12.1 Å². The molecule has 0 heterocycles. The molecule has 0 amide bonds. The number of esters is 2. The summed E-state index contributed by atoms with van der Waals surface area (Å²) in [6, 6.07) is 7.20. The zero-order valence-corrected chi connectivity index (χ0v) is 15.2. The highest BCUT2D eigenvalue weighted by molar-refractivity contribution is 7.85. The molecule has 0 aromatic heterocycles. The Morgan fingerprint density at radius 3 is 2.30 bits per heavy atom. The third kappa shape index (κ3) is 9.38. The second-order valence-electron chi connectivity index (χ2n) is 5.71. The summed E-state index contributed by atoms with van der Waals surface area (Å²) in [6.45, 7) is 1.86. The Morgan fingerprint density at radius 2 is 1.74 bits per heavy atom. The normalized spacial score (nSPS) is 13.1. The first-order valence-corrected chi connectivity index (χ1v) is 9.41. The lowest BCUT2D eigenvalue weighted by atomic mass is 10.1. The van der Waals surface area contributed by atoms with Crippen LogP contribution in [0.5, 0.6) is 0 Å². The summed E-state index contributed by atoms with van der Waals surface area (Å²) in [5.74, 6) is -3.77. The van der Waals surface area contributed by atoms with E-state index in [9.17, 15) is 31.2 Å². The fraction of sp³-hybridized carbons (Fsp3) is 0.500. The van der Waals surface area contributed by atoms with E-state index in [0.717, 1.165) is 11.1 Å². The number of hydrogen-bond donors (Lipinski definition) is 1. The van der Waals surface area contributed by atoms with Crippen molar-refractivity contribution in [2.45, 2.75) is 45.1 Å². The summed E-state index contributed by atoms with van der Waals surface area (Å²) in [6.07, 6.45) is -9.04. The molecule has 0 aliphatic rings. The van der Waals surface area contributed by atoms with Gasteiger partial charge in [-0.3, -0.25) is 14.1 Å². The van der Waals surface area contributed by atoms with E-state index in [0.29, 0.717) is 0 Å². The maximum Gasteiger partial charge on any atom is 0.426 e. The predicted molar refractivity (Wildman–Crippen MR) is 87.2 cm³/mol. The molecule has 27 heavy (non-hydrogen) atoms. The van der Waals surface area contributed by atoms with Crippen molar-refractivity contribution in [2.24, 2.45) is 0 Å². The minimum Gasteiger partial charge on any atom is -0.461 e. The van der Waals surface area contributed by atoms with E-state index < -0.39 is 46.5 Å². The molecule has 11 heteroatoms. The molecule has 0 fully saturated rings. The smallest absolute Gasteiger partial charge is 0.426 e. The van der Waals surface area contributed by atoms with Gasteiger partial charge in [0, 0.05) is 12.8 Å². The molecule has 152 valence electrons. The van der Waals surface area contributed by atoms with E-state index in [1.165, 1.54) is 0 Å². The largest absolute Gasteiger partial charge is 0.461 e. The monoisotopic (exact) mass is 412 g/mol. The summed E-state index contributed by atoms with van der Waals surface area (Å²) in [5.41, 5.74) is 1.72. The number of aryl methyl sites for hydroxylation is 1. The van der Waals surface area contributed by atoms with Gasteiger partial charge in [-0.2, -0.15) is 21.6 Å². The van der Waals surface area contributed by atoms with Crippen LogP contribution in [0, 0.1) is 6.92 Å². The molecular formula is C16H19F3O7S. The van der Waals surface area contributed by atoms with Crippen molar-refractivity contribution in [3.05, 3.63) is 35.4 Å². The SMILES string of the molecule is Cc1ccccc1COC(=O)CCCC(=O)OC(CS(=O)(=O)O)C(F)(F)F. The first-order valence-electron chi connectivity index (χ1n) is 7.80. The number of alkyl halides is 3. The van der Waals surface area contributed by atoms with Crippen molar-refractivity contribution in [1.29, 1.82) is 0 Å². The van der Waals surface area contributed by atoms with Crippen LogP contribution in [0.25, 0.3) is 0 Å². The molecule has 1 N–H and O–H groups in total. The lowest BCUT2D eigenvalue weighted by molar-refractivity contribution is -0.215. The van der Waals surface area contributed by atoms with E-state index >= 15 is 0 Å². The number of carbonyl (C=O) groups excluding carboxylic acids is 2. The van der Waals surface area contributed by atoms with Crippen molar-refractivity contribution in [3.8, 4) is 0 Å². The van der Waals surface area contributed by atoms with Gasteiger partial charge in [-0.05, 0) is 24.5 Å². The fourth-order valence-electron chi connectivity index (χ4n) is 1.98. The summed E-state index contributed by atoms with van der Waals surface area (Å²) in [5, 5.41) is 0. The van der Waals surface area contributed by atoms with Crippen LogP contribution in [-0.4, -0.2) is 42.9 Å². The number of ether oxygens (including phenoxy) is 2. The Morgan fingerprint density at radius 1 is 1.15 bits per heavy atom. The van der Waals surface area contributed by atoms with Gasteiger partial charge in [-0.1, -0.05) is 24.3 Å². The van der Waals surface area contributed by atoms with Gasteiger partial charge in [0.1, 0.15) is 12.4 Å². The van der Waals surface area contributed by atoms with Gasteiger partial charge in [0.15, 0.2) is 0 Å². The summed E-state index contributed by atoms with van der Waals surface area (Å²) >= 11 is 0.